The van der Waals surface area contributed by atoms with E-state index in [-0.39, 0.29) is 56.5 Å². The molecule has 0 spiro atoms. The number of sulfone groups is 1. The zero-order valence-electron chi connectivity index (χ0n) is 25.9. The summed E-state index contributed by atoms with van der Waals surface area (Å²) in [5, 5.41) is 48.7. The minimum atomic E-state index is -4.14. The first-order valence-corrected chi connectivity index (χ1v) is 16.1. The molecule has 0 bridgehead atoms. The molecule has 0 radical (unpaired) electrons. The topological polar surface area (TPSA) is 238 Å². The number of carbonyl (C=O) groups is 2. The molecule has 0 fully saturated rings. The van der Waals surface area contributed by atoms with Crippen molar-refractivity contribution in [2.75, 3.05) is 36.4 Å². The lowest BCUT2D eigenvalue weighted by molar-refractivity contribution is -0.385. The Morgan fingerprint density at radius 3 is 1.33 bits per heavy atom. The summed E-state index contributed by atoms with van der Waals surface area (Å²) in [6.45, 7) is 0. The van der Waals surface area contributed by atoms with Gasteiger partial charge in [-0.2, -0.15) is 0 Å². The van der Waals surface area contributed by atoms with Gasteiger partial charge in [-0.25, -0.2) is 8.42 Å². The van der Waals surface area contributed by atoms with Crippen molar-refractivity contribution < 1.29 is 47.5 Å². The van der Waals surface area contributed by atoms with Gasteiger partial charge in [0.1, 0.15) is 11.5 Å². The molecular formula is C32H30N4O12S. The van der Waals surface area contributed by atoms with Crippen LogP contribution >= 0.6 is 0 Å². The lowest BCUT2D eigenvalue weighted by Crippen LogP contribution is -2.22. The number of non-ortho nitro benzene ring substituents is 2. The van der Waals surface area contributed by atoms with Crippen molar-refractivity contribution in [1.29, 1.82) is 0 Å². The Hall–Kier alpha value is -5.91. The van der Waals surface area contributed by atoms with Crippen molar-refractivity contribution in [3.8, 4) is 11.5 Å². The fraction of sp³-hybridized carbons (Fsp3) is 0.188. The smallest absolute Gasteiger partial charge is 0.269 e. The van der Waals surface area contributed by atoms with Gasteiger partial charge in [0, 0.05) is 35.4 Å². The normalized spacial score (nSPS) is 12.3. The van der Waals surface area contributed by atoms with Gasteiger partial charge in [-0.3, -0.25) is 29.8 Å². The summed E-state index contributed by atoms with van der Waals surface area (Å²) in [5.41, 5.74) is 0.208. The van der Waals surface area contributed by atoms with Gasteiger partial charge < -0.3 is 30.3 Å². The first-order chi connectivity index (χ1) is 23.2. The van der Waals surface area contributed by atoms with E-state index in [1.54, 1.807) is 0 Å². The molecule has 49 heavy (non-hydrogen) atoms. The van der Waals surface area contributed by atoms with Crippen LogP contribution in [-0.4, -0.2) is 66.0 Å². The summed E-state index contributed by atoms with van der Waals surface area (Å²) in [4.78, 5) is 46.2. The average Bonchev–Trinajstić information content (AvgIpc) is 3.07. The molecule has 4 aromatic carbocycles. The van der Waals surface area contributed by atoms with Crippen LogP contribution in [0, 0.1) is 20.2 Å². The minimum Gasteiger partial charge on any atom is -0.495 e. The maximum Gasteiger partial charge on any atom is 0.269 e. The van der Waals surface area contributed by atoms with Crippen LogP contribution in [0.5, 0.6) is 11.5 Å². The van der Waals surface area contributed by atoms with E-state index in [1.165, 1.54) is 74.9 Å². The number of aliphatic hydroxyl groups excluding tert-OH is 2. The maximum atomic E-state index is 13.1. The second-order valence-electron chi connectivity index (χ2n) is 10.5. The highest BCUT2D eigenvalue weighted by Gasteiger charge is 2.25. The third-order valence-electron chi connectivity index (χ3n) is 7.22. The van der Waals surface area contributed by atoms with E-state index < -0.39 is 55.2 Å². The van der Waals surface area contributed by atoms with Crippen molar-refractivity contribution in [1.82, 2.24) is 0 Å². The van der Waals surface area contributed by atoms with E-state index in [0.717, 1.165) is 24.3 Å². The third kappa shape index (κ3) is 9.13. The van der Waals surface area contributed by atoms with Crippen molar-refractivity contribution in [3.05, 3.63) is 127 Å². The fourth-order valence-electron chi connectivity index (χ4n) is 4.66. The molecule has 0 heterocycles. The SMILES string of the molecule is COc1ccc(C(O)CS(=O)(=O)CC(O)c2ccc(OC)c(NC(=O)c3ccc([N+](=O)[O-])cc3)c2)cc1NC(=O)c1ccc([N+](=O)[O-])cc1. The molecule has 0 saturated heterocycles. The Morgan fingerprint density at radius 2 is 1.02 bits per heavy atom. The van der Waals surface area contributed by atoms with E-state index in [2.05, 4.69) is 10.6 Å². The number of hydrogen-bond acceptors (Lipinski definition) is 12. The quantitative estimate of drug-likeness (QED) is 0.107. The van der Waals surface area contributed by atoms with Gasteiger partial charge in [0.2, 0.25) is 0 Å². The Morgan fingerprint density at radius 1 is 0.673 bits per heavy atom. The molecule has 0 aliphatic heterocycles. The lowest BCUT2D eigenvalue weighted by atomic mass is 10.1. The van der Waals surface area contributed by atoms with E-state index in [0.29, 0.717) is 0 Å². The molecule has 4 N–H and O–H groups in total. The Kier molecular flexibility index (Phi) is 11.2. The van der Waals surface area contributed by atoms with E-state index in [1.807, 2.05) is 0 Å². The van der Waals surface area contributed by atoms with Gasteiger partial charge >= 0.3 is 0 Å². The number of nitrogens with one attached hydrogen (secondary N) is 2. The predicted octanol–water partition coefficient (Wildman–Crippen LogP) is 4.21. The number of carbonyl (C=O) groups excluding carboxylic acids is 2. The zero-order chi connectivity index (χ0) is 35.9. The van der Waals surface area contributed by atoms with Crippen LogP contribution in [-0.2, 0) is 9.84 Å². The number of benzene rings is 4. The molecule has 4 aromatic rings. The summed E-state index contributed by atoms with van der Waals surface area (Å²) in [5.74, 6) is -2.49. The molecule has 2 unspecified atom stereocenters. The monoisotopic (exact) mass is 694 g/mol. The first kappa shape index (κ1) is 35.9. The molecule has 17 heteroatoms. The molecule has 0 saturated carbocycles. The lowest BCUT2D eigenvalue weighted by Gasteiger charge is -2.18. The number of hydrogen-bond donors (Lipinski definition) is 4. The summed E-state index contributed by atoms with van der Waals surface area (Å²) in [6, 6.07) is 18.0. The molecule has 2 atom stereocenters. The van der Waals surface area contributed by atoms with Crippen LogP contribution in [0.1, 0.15) is 44.1 Å². The zero-order valence-corrected chi connectivity index (χ0v) is 26.7. The number of nitro groups is 2. The summed E-state index contributed by atoms with van der Waals surface area (Å²) in [6.07, 6.45) is -3.16. The maximum absolute atomic E-state index is 13.1. The molecule has 0 aliphatic rings. The first-order valence-electron chi connectivity index (χ1n) is 14.3. The second-order valence-corrected chi connectivity index (χ2v) is 12.7. The number of nitro benzene ring substituents is 2. The van der Waals surface area contributed by atoms with Crippen molar-refractivity contribution >= 4 is 44.4 Å². The molecule has 16 nitrogen and oxygen atoms in total. The van der Waals surface area contributed by atoms with E-state index in [9.17, 15) is 48.4 Å². The van der Waals surface area contributed by atoms with Gasteiger partial charge in [0.15, 0.2) is 9.84 Å². The summed E-state index contributed by atoms with van der Waals surface area (Å²) in [7, 11) is -1.46. The van der Waals surface area contributed by atoms with Crippen LogP contribution in [0.25, 0.3) is 0 Å². The van der Waals surface area contributed by atoms with Gasteiger partial charge in [-0.1, -0.05) is 12.1 Å². The number of amides is 2. The number of methoxy groups -OCH3 is 2. The third-order valence-corrected chi connectivity index (χ3v) is 8.86. The van der Waals surface area contributed by atoms with Crippen molar-refractivity contribution in [2.24, 2.45) is 0 Å². The molecular weight excluding hydrogens is 664 g/mol. The van der Waals surface area contributed by atoms with Crippen molar-refractivity contribution in [3.63, 3.8) is 0 Å². The highest BCUT2D eigenvalue weighted by atomic mass is 32.2. The second kappa shape index (κ2) is 15.3. The predicted molar refractivity (Wildman–Crippen MR) is 177 cm³/mol. The molecule has 256 valence electrons. The van der Waals surface area contributed by atoms with Crippen LogP contribution in [0.15, 0.2) is 84.9 Å². The number of nitrogens with zero attached hydrogens (tertiary/aromatic N) is 2. The molecule has 0 aromatic heterocycles. The largest absolute Gasteiger partial charge is 0.495 e. The van der Waals surface area contributed by atoms with Gasteiger partial charge in [0.05, 0.1) is 59.2 Å². The van der Waals surface area contributed by atoms with E-state index in [4.69, 9.17) is 9.47 Å². The van der Waals surface area contributed by atoms with Crippen molar-refractivity contribution in [2.45, 2.75) is 12.2 Å². The van der Waals surface area contributed by atoms with Gasteiger partial charge in [-0.15, -0.1) is 0 Å². The number of rotatable bonds is 14. The highest BCUT2D eigenvalue weighted by molar-refractivity contribution is 7.91. The Balaban J connectivity index is 1.45. The van der Waals surface area contributed by atoms with Crippen LogP contribution in [0.4, 0.5) is 22.7 Å². The fourth-order valence-corrected chi connectivity index (χ4v) is 6.14. The minimum absolute atomic E-state index is 0.0985. The standard InChI is InChI=1S/C32H30N4O12S/c1-47-29-13-7-21(15-25(29)33-31(39)19-3-9-23(10-4-19)35(41)42)27(37)17-49(45,46)18-28(38)22-8-14-30(48-2)26(16-22)34-32(40)20-5-11-24(12-6-20)36(43)44/h3-16,27-28,37-38H,17-18H2,1-2H3,(H,33,39)(H,34,40). The average molecular weight is 695 g/mol. The highest BCUT2D eigenvalue weighted by Crippen LogP contribution is 2.32. The van der Waals surface area contributed by atoms with Crippen LogP contribution < -0.4 is 20.1 Å². The Bertz CT molecular complexity index is 1850. The molecule has 0 aliphatic carbocycles. The van der Waals surface area contributed by atoms with Gasteiger partial charge in [0.25, 0.3) is 23.2 Å². The summed E-state index contributed by atoms with van der Waals surface area (Å²) < 4.78 is 36.7. The number of ether oxygens (including phenoxy) is 2. The van der Waals surface area contributed by atoms with Gasteiger partial charge in [-0.05, 0) is 59.7 Å². The molecule has 2 amide bonds. The van der Waals surface area contributed by atoms with Crippen LogP contribution in [0.2, 0.25) is 0 Å². The number of aliphatic hydroxyl groups is 2. The van der Waals surface area contributed by atoms with E-state index >= 15 is 0 Å². The Labute approximate surface area is 279 Å². The summed E-state index contributed by atoms with van der Waals surface area (Å²) >= 11 is 0. The molecule has 4 rings (SSSR count). The number of anilines is 2. The van der Waals surface area contributed by atoms with Crippen LogP contribution in [0.3, 0.4) is 0 Å².